The first kappa shape index (κ1) is 14.8. The van der Waals surface area contributed by atoms with E-state index in [2.05, 4.69) is 45.9 Å². The Kier molecular flexibility index (Phi) is 3.13. The molecular formula is C21H20N2O2. The highest BCUT2D eigenvalue weighted by atomic mass is 16.5. The van der Waals surface area contributed by atoms with E-state index in [9.17, 15) is 4.79 Å². The van der Waals surface area contributed by atoms with Crippen molar-refractivity contribution in [2.45, 2.75) is 31.7 Å². The second-order valence-corrected chi connectivity index (χ2v) is 7.20. The van der Waals surface area contributed by atoms with Gasteiger partial charge in [-0.1, -0.05) is 35.9 Å². The topological polar surface area (TPSA) is 44.1 Å². The van der Waals surface area contributed by atoms with Crippen molar-refractivity contribution in [2.75, 3.05) is 13.2 Å². The Labute approximate surface area is 146 Å². The van der Waals surface area contributed by atoms with Crippen LogP contribution >= 0.6 is 0 Å². The lowest BCUT2D eigenvalue weighted by Crippen LogP contribution is -2.43. The number of benzene rings is 2. The van der Waals surface area contributed by atoms with E-state index in [1.807, 2.05) is 13.0 Å². The van der Waals surface area contributed by atoms with E-state index in [4.69, 9.17) is 4.74 Å². The molecule has 1 saturated heterocycles. The van der Waals surface area contributed by atoms with Crippen molar-refractivity contribution in [3.05, 3.63) is 75.3 Å². The molecule has 2 aliphatic heterocycles. The summed E-state index contributed by atoms with van der Waals surface area (Å²) < 4.78 is 7.90. The van der Waals surface area contributed by atoms with Crippen LogP contribution in [0.15, 0.2) is 47.3 Å². The predicted molar refractivity (Wildman–Crippen MR) is 97.1 cm³/mol. The van der Waals surface area contributed by atoms with Crippen LogP contribution in [0.1, 0.15) is 35.4 Å². The molecule has 0 bridgehead atoms. The first-order valence-corrected chi connectivity index (χ1v) is 8.87. The molecule has 0 aliphatic carbocycles. The Hall–Kier alpha value is -2.46. The van der Waals surface area contributed by atoms with Gasteiger partial charge in [-0.3, -0.25) is 4.79 Å². The average Bonchev–Trinajstić information content (AvgIpc) is 2.64. The normalized spacial score (nSPS) is 18.1. The number of hydrogen-bond acceptors (Lipinski definition) is 3. The second kappa shape index (κ2) is 5.27. The van der Waals surface area contributed by atoms with Crippen molar-refractivity contribution in [1.82, 2.24) is 9.55 Å². The summed E-state index contributed by atoms with van der Waals surface area (Å²) in [6.45, 7) is 4.19. The summed E-state index contributed by atoms with van der Waals surface area (Å²) in [7, 11) is 0. The van der Waals surface area contributed by atoms with Crippen LogP contribution in [0, 0.1) is 6.92 Å². The smallest absolute Gasteiger partial charge is 0.280 e. The zero-order valence-electron chi connectivity index (χ0n) is 14.3. The van der Waals surface area contributed by atoms with Gasteiger partial charge in [-0.25, -0.2) is 0 Å². The van der Waals surface area contributed by atoms with Crippen LogP contribution in [0.2, 0.25) is 0 Å². The highest BCUT2D eigenvalue weighted by molar-refractivity contribution is 5.79. The number of ether oxygens (including phenoxy) is 1. The van der Waals surface area contributed by atoms with Crippen LogP contribution in [0.5, 0.6) is 0 Å². The molecule has 0 atom stereocenters. The summed E-state index contributed by atoms with van der Waals surface area (Å²) in [4.78, 5) is 17.4. The van der Waals surface area contributed by atoms with Crippen molar-refractivity contribution in [2.24, 2.45) is 0 Å². The van der Waals surface area contributed by atoms with E-state index >= 15 is 0 Å². The molecule has 0 amide bonds. The number of fused-ring (bicyclic) bond motifs is 6. The monoisotopic (exact) mass is 332 g/mol. The van der Waals surface area contributed by atoms with Crippen LogP contribution in [0.25, 0.3) is 10.9 Å². The molecule has 0 unspecified atom stereocenters. The molecule has 1 fully saturated rings. The fourth-order valence-corrected chi connectivity index (χ4v) is 4.54. The summed E-state index contributed by atoms with van der Waals surface area (Å²) in [5.74, 6) is 0.913. The molecule has 1 aromatic heterocycles. The molecular weight excluding hydrogens is 312 g/mol. The Bertz CT molecular complexity index is 1050. The van der Waals surface area contributed by atoms with Crippen molar-refractivity contribution < 1.29 is 4.74 Å². The van der Waals surface area contributed by atoms with Gasteiger partial charge in [-0.15, -0.1) is 0 Å². The van der Waals surface area contributed by atoms with Gasteiger partial charge in [0, 0.05) is 19.8 Å². The molecule has 2 aromatic carbocycles. The molecule has 25 heavy (non-hydrogen) atoms. The summed E-state index contributed by atoms with van der Waals surface area (Å²) >= 11 is 0. The number of rotatable bonds is 0. The van der Waals surface area contributed by atoms with E-state index in [0.717, 1.165) is 36.3 Å². The van der Waals surface area contributed by atoms with Crippen LogP contribution in [-0.4, -0.2) is 22.8 Å². The van der Waals surface area contributed by atoms with Crippen molar-refractivity contribution in [1.29, 1.82) is 0 Å². The van der Waals surface area contributed by atoms with Crippen LogP contribution < -0.4 is 5.56 Å². The number of aryl methyl sites for hydroxylation is 1. The van der Waals surface area contributed by atoms with Gasteiger partial charge in [-0.05, 0) is 43.0 Å². The number of nitrogens with zero attached hydrogens (tertiary/aromatic N) is 2. The Morgan fingerprint density at radius 2 is 1.92 bits per heavy atom. The minimum Gasteiger partial charge on any atom is -0.381 e. The molecule has 1 spiro atoms. The van der Waals surface area contributed by atoms with Gasteiger partial charge in [0.2, 0.25) is 0 Å². The molecule has 5 rings (SSSR count). The predicted octanol–water partition coefficient (Wildman–Crippen LogP) is 3.16. The van der Waals surface area contributed by atoms with Gasteiger partial charge >= 0.3 is 0 Å². The molecule has 4 heteroatoms. The third kappa shape index (κ3) is 2.04. The largest absolute Gasteiger partial charge is 0.381 e. The van der Waals surface area contributed by atoms with E-state index < -0.39 is 0 Å². The summed E-state index contributed by atoms with van der Waals surface area (Å²) in [6, 6.07) is 14.7. The van der Waals surface area contributed by atoms with Gasteiger partial charge in [-0.2, -0.15) is 4.98 Å². The minimum absolute atomic E-state index is 0.116. The van der Waals surface area contributed by atoms with Gasteiger partial charge < -0.3 is 9.30 Å². The molecule has 0 radical (unpaired) electrons. The zero-order valence-corrected chi connectivity index (χ0v) is 14.3. The van der Waals surface area contributed by atoms with E-state index in [1.165, 1.54) is 11.1 Å². The lowest BCUT2D eigenvalue weighted by atomic mass is 9.70. The fourth-order valence-electron chi connectivity index (χ4n) is 4.54. The van der Waals surface area contributed by atoms with Crippen LogP contribution in [0.3, 0.4) is 0 Å². The Balaban J connectivity index is 1.88. The maximum atomic E-state index is 12.8. The summed E-state index contributed by atoms with van der Waals surface area (Å²) in [6.07, 6.45) is 1.74. The van der Waals surface area contributed by atoms with Crippen molar-refractivity contribution >= 4 is 10.9 Å². The number of hydrogen-bond donors (Lipinski definition) is 0. The van der Waals surface area contributed by atoms with Gasteiger partial charge in [0.05, 0.1) is 16.3 Å². The molecule has 3 heterocycles. The average molecular weight is 332 g/mol. The highest BCUT2D eigenvalue weighted by Gasteiger charge is 2.44. The lowest BCUT2D eigenvalue weighted by Gasteiger charge is -2.43. The SMILES string of the molecule is Cc1ccc2c(c1)c(=O)nc1n2Cc2ccccc2C12CCOCC2. The van der Waals surface area contributed by atoms with Crippen molar-refractivity contribution in [3.63, 3.8) is 0 Å². The Morgan fingerprint density at radius 3 is 2.76 bits per heavy atom. The van der Waals surface area contributed by atoms with E-state index in [0.29, 0.717) is 18.6 Å². The Morgan fingerprint density at radius 1 is 1.12 bits per heavy atom. The maximum Gasteiger partial charge on any atom is 0.280 e. The maximum absolute atomic E-state index is 12.8. The van der Waals surface area contributed by atoms with Crippen LogP contribution in [0.4, 0.5) is 0 Å². The van der Waals surface area contributed by atoms with Crippen LogP contribution in [-0.2, 0) is 16.7 Å². The molecule has 3 aromatic rings. The van der Waals surface area contributed by atoms with Gasteiger partial charge in [0.15, 0.2) is 0 Å². The van der Waals surface area contributed by atoms with E-state index in [-0.39, 0.29) is 11.0 Å². The minimum atomic E-state index is -0.217. The lowest BCUT2D eigenvalue weighted by molar-refractivity contribution is 0.0575. The third-order valence-electron chi connectivity index (χ3n) is 5.77. The van der Waals surface area contributed by atoms with Crippen molar-refractivity contribution in [3.8, 4) is 0 Å². The quantitative estimate of drug-likeness (QED) is 0.635. The third-order valence-corrected chi connectivity index (χ3v) is 5.77. The summed E-state index contributed by atoms with van der Waals surface area (Å²) in [5, 5.41) is 0.713. The molecule has 0 N–H and O–H groups in total. The first-order valence-electron chi connectivity index (χ1n) is 8.87. The standard InChI is InChI=1S/C21H20N2O2/c1-14-6-7-18-16(12-14)19(24)22-20-21(8-10-25-11-9-21)17-5-3-2-4-15(17)13-23(18)20/h2-7,12H,8-11,13H2,1H3. The van der Waals surface area contributed by atoms with Gasteiger partial charge in [0.25, 0.3) is 5.56 Å². The fraction of sp³-hybridized carbons (Fsp3) is 0.333. The summed E-state index contributed by atoms with van der Waals surface area (Å²) in [5.41, 5.74) is 4.38. The molecule has 2 aliphatic rings. The van der Waals surface area contributed by atoms with E-state index in [1.54, 1.807) is 0 Å². The molecule has 0 saturated carbocycles. The molecule has 4 nitrogen and oxygen atoms in total. The molecule has 126 valence electrons. The first-order chi connectivity index (χ1) is 12.2. The van der Waals surface area contributed by atoms with Gasteiger partial charge in [0.1, 0.15) is 5.82 Å². The zero-order chi connectivity index (χ0) is 17.0. The number of aromatic nitrogens is 2. The second-order valence-electron chi connectivity index (χ2n) is 7.20. The highest BCUT2D eigenvalue weighted by Crippen LogP contribution is 2.45.